The van der Waals surface area contributed by atoms with Crippen LogP contribution in [-0.2, 0) is 9.53 Å². The fourth-order valence-corrected chi connectivity index (χ4v) is 2.01. The molecule has 0 bridgehead atoms. The summed E-state index contributed by atoms with van der Waals surface area (Å²) in [6.07, 6.45) is 1.84. The maximum Gasteiger partial charge on any atom is 0.193 e. The predicted octanol–water partition coefficient (Wildman–Crippen LogP) is 0.815. The summed E-state index contributed by atoms with van der Waals surface area (Å²) in [4.78, 5) is 11.9. The molecule has 1 heterocycles. The molecule has 0 saturated heterocycles. The second-order valence-corrected chi connectivity index (χ2v) is 4.36. The van der Waals surface area contributed by atoms with Crippen molar-refractivity contribution in [1.29, 1.82) is 0 Å². The highest BCUT2D eigenvalue weighted by Crippen LogP contribution is 2.37. The zero-order valence-corrected chi connectivity index (χ0v) is 9.44. The number of fused-ring (bicyclic) bond motifs is 1. The first-order valence-corrected chi connectivity index (χ1v) is 5.07. The molecule has 0 aromatic rings. The molecule has 0 unspecified atom stereocenters. The highest BCUT2D eigenvalue weighted by molar-refractivity contribution is 6.05. The van der Waals surface area contributed by atoms with E-state index in [1.54, 1.807) is 19.9 Å². The first-order valence-electron chi connectivity index (χ1n) is 5.07. The van der Waals surface area contributed by atoms with Crippen LogP contribution >= 0.6 is 0 Å². The normalized spacial score (nSPS) is 34.1. The Balaban J connectivity index is 2.63. The van der Waals surface area contributed by atoms with Gasteiger partial charge in [-0.25, -0.2) is 0 Å². The number of aliphatic hydroxyl groups is 2. The van der Waals surface area contributed by atoms with Gasteiger partial charge >= 0.3 is 0 Å². The number of allylic oxidation sites excluding steroid dienone is 2. The van der Waals surface area contributed by atoms with Crippen molar-refractivity contribution in [3.05, 3.63) is 34.8 Å². The van der Waals surface area contributed by atoms with Crippen molar-refractivity contribution in [3.8, 4) is 0 Å². The van der Waals surface area contributed by atoms with Crippen molar-refractivity contribution < 1.29 is 19.7 Å². The summed E-state index contributed by atoms with van der Waals surface area (Å²) in [7, 11) is 0. The second-order valence-electron chi connectivity index (χ2n) is 4.36. The van der Waals surface area contributed by atoms with Gasteiger partial charge in [0.05, 0.1) is 6.26 Å². The fraction of sp³-hybridized carbons (Fsp3) is 0.417. The molecule has 2 aliphatic rings. The molecule has 2 N–H and O–H groups in total. The molecular weight excluding hydrogens is 208 g/mol. The lowest BCUT2D eigenvalue weighted by molar-refractivity contribution is -0.141. The Morgan fingerprint density at radius 3 is 2.69 bits per heavy atom. The van der Waals surface area contributed by atoms with E-state index in [1.807, 2.05) is 0 Å². The van der Waals surface area contributed by atoms with Gasteiger partial charge in [0.15, 0.2) is 11.4 Å². The molecule has 0 aromatic carbocycles. The van der Waals surface area contributed by atoms with Gasteiger partial charge in [0.1, 0.15) is 11.9 Å². The number of hydrogen-bond donors (Lipinski definition) is 2. The van der Waals surface area contributed by atoms with E-state index >= 15 is 0 Å². The average molecular weight is 222 g/mol. The van der Waals surface area contributed by atoms with Gasteiger partial charge in [-0.15, -0.1) is 0 Å². The van der Waals surface area contributed by atoms with Gasteiger partial charge < -0.3 is 14.9 Å². The minimum atomic E-state index is -1.78. The minimum Gasteiger partial charge on any atom is -0.469 e. The molecule has 0 saturated carbocycles. The number of carbonyl (C=O) groups is 1. The molecule has 2 atom stereocenters. The number of hydrogen-bond acceptors (Lipinski definition) is 4. The minimum absolute atomic E-state index is 0.446. The van der Waals surface area contributed by atoms with Crippen LogP contribution in [0.15, 0.2) is 34.8 Å². The number of ketones is 1. The monoisotopic (exact) mass is 222 g/mol. The number of ether oxygens (including phenoxy) is 1. The summed E-state index contributed by atoms with van der Waals surface area (Å²) < 4.78 is 5.18. The van der Waals surface area contributed by atoms with Crippen molar-refractivity contribution in [2.24, 2.45) is 0 Å². The van der Waals surface area contributed by atoms with Crippen molar-refractivity contribution in [3.63, 3.8) is 0 Å². The van der Waals surface area contributed by atoms with E-state index in [-0.39, 0.29) is 0 Å². The number of rotatable bonds is 0. The first kappa shape index (κ1) is 11.1. The van der Waals surface area contributed by atoms with Crippen molar-refractivity contribution in [1.82, 2.24) is 0 Å². The highest BCUT2D eigenvalue weighted by atomic mass is 16.5. The zero-order chi connectivity index (χ0) is 12.1. The molecule has 4 nitrogen and oxygen atoms in total. The third kappa shape index (κ3) is 1.34. The molecule has 1 aliphatic heterocycles. The highest BCUT2D eigenvalue weighted by Gasteiger charge is 2.46. The van der Waals surface area contributed by atoms with Gasteiger partial charge in [-0.1, -0.05) is 0 Å². The molecule has 16 heavy (non-hydrogen) atoms. The standard InChI is InChI=1S/C12H14O4/c1-6-4-8-7(2)10(13)12(3,15)11(14)9(8)5-16-6/h4-5,11,14-15H,1-3H3/t11-,12+/m1/s1. The summed E-state index contributed by atoms with van der Waals surface area (Å²) in [6, 6.07) is 0. The molecular formula is C12H14O4. The molecule has 0 spiro atoms. The van der Waals surface area contributed by atoms with Crippen LogP contribution in [0.2, 0.25) is 0 Å². The Kier molecular flexibility index (Phi) is 2.29. The van der Waals surface area contributed by atoms with Gasteiger partial charge in [0, 0.05) is 11.1 Å². The maximum absolute atomic E-state index is 11.9. The number of aliphatic hydroxyl groups excluding tert-OH is 1. The topological polar surface area (TPSA) is 66.8 Å². The summed E-state index contributed by atoms with van der Waals surface area (Å²) >= 11 is 0. The molecule has 2 rings (SSSR count). The van der Waals surface area contributed by atoms with Gasteiger partial charge in [0.25, 0.3) is 0 Å². The SMILES string of the molecule is CC1=CC2=C(C)C(=O)[C@](C)(O)[C@H](O)C2=CO1. The summed E-state index contributed by atoms with van der Waals surface area (Å²) in [5, 5.41) is 19.9. The van der Waals surface area contributed by atoms with E-state index in [0.29, 0.717) is 22.5 Å². The Bertz CT molecular complexity index is 452. The summed E-state index contributed by atoms with van der Waals surface area (Å²) in [5.41, 5.74) is -0.230. The first-order chi connectivity index (χ1) is 7.35. The van der Waals surface area contributed by atoms with Gasteiger partial charge in [-0.2, -0.15) is 0 Å². The Morgan fingerprint density at radius 1 is 1.44 bits per heavy atom. The van der Waals surface area contributed by atoms with Crippen LogP contribution in [0, 0.1) is 0 Å². The van der Waals surface area contributed by atoms with Gasteiger partial charge in [0.2, 0.25) is 0 Å². The van der Waals surface area contributed by atoms with Crippen molar-refractivity contribution in [2.45, 2.75) is 32.5 Å². The second kappa shape index (κ2) is 3.30. The summed E-state index contributed by atoms with van der Waals surface area (Å²) in [5.74, 6) is 0.206. The smallest absolute Gasteiger partial charge is 0.193 e. The van der Waals surface area contributed by atoms with Crippen LogP contribution in [-0.4, -0.2) is 27.7 Å². The Labute approximate surface area is 93.5 Å². The molecule has 1 aliphatic carbocycles. The quantitative estimate of drug-likeness (QED) is 0.636. The lowest BCUT2D eigenvalue weighted by Crippen LogP contribution is -2.51. The van der Waals surface area contributed by atoms with Crippen LogP contribution in [0.4, 0.5) is 0 Å². The van der Waals surface area contributed by atoms with E-state index in [4.69, 9.17) is 4.74 Å². The van der Waals surface area contributed by atoms with Crippen LogP contribution in [0.5, 0.6) is 0 Å². The van der Waals surface area contributed by atoms with Crippen LogP contribution in [0.3, 0.4) is 0 Å². The molecule has 86 valence electrons. The molecule has 4 heteroatoms. The average Bonchev–Trinajstić information content (AvgIpc) is 2.24. The van der Waals surface area contributed by atoms with E-state index < -0.39 is 17.5 Å². The molecule has 0 fully saturated rings. The predicted molar refractivity (Wildman–Crippen MR) is 57.3 cm³/mol. The van der Waals surface area contributed by atoms with Gasteiger partial charge in [-0.3, -0.25) is 4.79 Å². The molecule has 0 aromatic heterocycles. The number of Topliss-reactive ketones (excluding diaryl/α,β-unsaturated/α-hetero) is 1. The van der Waals surface area contributed by atoms with E-state index in [1.165, 1.54) is 13.2 Å². The van der Waals surface area contributed by atoms with E-state index in [9.17, 15) is 15.0 Å². The lowest BCUT2D eigenvalue weighted by atomic mass is 9.75. The largest absolute Gasteiger partial charge is 0.469 e. The molecule has 0 radical (unpaired) electrons. The Hall–Kier alpha value is -1.39. The van der Waals surface area contributed by atoms with E-state index in [0.717, 1.165) is 0 Å². The van der Waals surface area contributed by atoms with Crippen LogP contribution in [0.1, 0.15) is 20.8 Å². The van der Waals surface area contributed by atoms with Crippen LogP contribution < -0.4 is 0 Å². The van der Waals surface area contributed by atoms with Crippen molar-refractivity contribution in [2.75, 3.05) is 0 Å². The van der Waals surface area contributed by atoms with Gasteiger partial charge in [-0.05, 0) is 32.4 Å². The van der Waals surface area contributed by atoms with Crippen molar-refractivity contribution >= 4 is 5.78 Å². The third-order valence-corrected chi connectivity index (χ3v) is 3.06. The fourth-order valence-electron chi connectivity index (χ4n) is 2.01. The lowest BCUT2D eigenvalue weighted by Gasteiger charge is -2.36. The summed E-state index contributed by atoms with van der Waals surface area (Å²) in [6.45, 7) is 4.71. The number of carbonyl (C=O) groups excluding carboxylic acids is 1. The Morgan fingerprint density at radius 2 is 2.06 bits per heavy atom. The van der Waals surface area contributed by atoms with Crippen LogP contribution in [0.25, 0.3) is 0 Å². The third-order valence-electron chi connectivity index (χ3n) is 3.06. The maximum atomic E-state index is 11.9. The molecule has 0 amide bonds. The zero-order valence-electron chi connectivity index (χ0n) is 9.44. The van der Waals surface area contributed by atoms with E-state index in [2.05, 4.69) is 0 Å².